The summed E-state index contributed by atoms with van der Waals surface area (Å²) in [7, 11) is 0. The lowest BCUT2D eigenvalue weighted by atomic mass is 10.0. The van der Waals surface area contributed by atoms with E-state index < -0.39 is 11.8 Å². The molecule has 1 aromatic carbocycles. The molecule has 2 fully saturated rings. The van der Waals surface area contributed by atoms with Crippen molar-refractivity contribution in [2.75, 3.05) is 26.3 Å². The van der Waals surface area contributed by atoms with Crippen LogP contribution < -0.4 is 5.56 Å². The number of fused-ring (bicyclic) bond motifs is 1. The lowest BCUT2D eigenvalue weighted by Gasteiger charge is -2.38. The Labute approximate surface area is 186 Å². The van der Waals surface area contributed by atoms with Gasteiger partial charge in [0.25, 0.3) is 5.56 Å². The molecule has 1 unspecified atom stereocenters. The third-order valence-corrected chi connectivity index (χ3v) is 6.63. The van der Waals surface area contributed by atoms with Crippen LogP contribution in [0.2, 0.25) is 0 Å². The molecule has 2 aliphatic rings. The molecule has 5 rings (SSSR count). The summed E-state index contributed by atoms with van der Waals surface area (Å²) in [5.74, 6) is -0.625. The molecule has 1 amide bonds. The molecule has 1 spiro atoms. The van der Waals surface area contributed by atoms with Gasteiger partial charge in [0.05, 0.1) is 24.6 Å². The Morgan fingerprint density at radius 1 is 1.09 bits per heavy atom. The molecular weight excluding hydrogens is 408 g/mol. The van der Waals surface area contributed by atoms with Crippen molar-refractivity contribution in [2.24, 2.45) is 0 Å². The van der Waals surface area contributed by atoms with Gasteiger partial charge in [-0.05, 0) is 38.5 Å². The second-order valence-electron chi connectivity index (χ2n) is 8.68. The first-order valence-corrected chi connectivity index (χ1v) is 11.1. The quantitative estimate of drug-likeness (QED) is 0.631. The zero-order valence-electron chi connectivity index (χ0n) is 18.7. The van der Waals surface area contributed by atoms with E-state index >= 15 is 0 Å². The minimum Gasteiger partial charge on any atom is -0.347 e. The second kappa shape index (κ2) is 7.86. The summed E-state index contributed by atoms with van der Waals surface area (Å²) in [6.45, 7) is 7.93. The van der Waals surface area contributed by atoms with Crippen LogP contribution in [0.15, 0.2) is 41.2 Å². The fourth-order valence-corrected chi connectivity index (χ4v) is 4.98. The predicted octanol–water partition coefficient (Wildman–Crippen LogP) is 2.73. The van der Waals surface area contributed by atoms with Gasteiger partial charge < -0.3 is 14.4 Å². The summed E-state index contributed by atoms with van der Waals surface area (Å²) < 4.78 is 14.9. The van der Waals surface area contributed by atoms with Gasteiger partial charge in [-0.15, -0.1) is 0 Å². The number of pyridine rings is 1. The molecule has 2 aliphatic heterocycles. The Morgan fingerprint density at radius 2 is 1.75 bits per heavy atom. The molecule has 32 heavy (non-hydrogen) atoms. The van der Waals surface area contributed by atoms with E-state index in [1.54, 1.807) is 22.2 Å². The van der Waals surface area contributed by atoms with E-state index in [9.17, 15) is 9.59 Å². The number of carbonyl (C=O) groups is 1. The number of likely N-dealkylation sites (tertiary alicyclic amines) is 1. The standard InChI is InChI=1S/C24H28N4O4/c1-16-15-20(29)27(22-21(16)17(2)25-28(22)19-7-5-4-6-8-19)18(3)23(30)26-11-9-24(10-12-26)31-13-14-32-24/h4-8,15,18H,9-14H2,1-3H3. The largest absolute Gasteiger partial charge is 0.347 e. The van der Waals surface area contributed by atoms with E-state index in [1.165, 1.54) is 0 Å². The van der Waals surface area contributed by atoms with Crippen LogP contribution in [0.1, 0.15) is 37.1 Å². The summed E-state index contributed by atoms with van der Waals surface area (Å²) in [5.41, 5.74) is 2.97. The Balaban J connectivity index is 1.55. The van der Waals surface area contributed by atoms with Crippen molar-refractivity contribution < 1.29 is 14.3 Å². The Bertz CT molecular complexity index is 1210. The van der Waals surface area contributed by atoms with Crippen molar-refractivity contribution in [1.29, 1.82) is 0 Å². The number of para-hydroxylation sites is 1. The lowest BCUT2D eigenvalue weighted by Crippen LogP contribution is -2.49. The summed E-state index contributed by atoms with van der Waals surface area (Å²) in [5, 5.41) is 5.63. The van der Waals surface area contributed by atoms with Crippen molar-refractivity contribution in [1.82, 2.24) is 19.2 Å². The maximum Gasteiger partial charge on any atom is 0.253 e. The highest BCUT2D eigenvalue weighted by Gasteiger charge is 2.41. The number of carbonyl (C=O) groups excluding carboxylic acids is 1. The van der Waals surface area contributed by atoms with Gasteiger partial charge in [-0.25, -0.2) is 4.68 Å². The molecule has 0 N–H and O–H groups in total. The topological polar surface area (TPSA) is 78.6 Å². The number of amides is 1. The normalized spacial score (nSPS) is 19.0. The zero-order chi connectivity index (χ0) is 22.5. The summed E-state index contributed by atoms with van der Waals surface area (Å²) in [6, 6.07) is 10.6. The molecule has 2 saturated heterocycles. The Kier molecular flexibility index (Phi) is 5.14. The van der Waals surface area contributed by atoms with Gasteiger partial charge in [-0.2, -0.15) is 5.10 Å². The highest BCUT2D eigenvalue weighted by molar-refractivity contribution is 5.87. The third-order valence-electron chi connectivity index (χ3n) is 6.63. The van der Waals surface area contributed by atoms with Gasteiger partial charge in [-0.1, -0.05) is 18.2 Å². The molecule has 168 valence electrons. The van der Waals surface area contributed by atoms with Crippen LogP contribution in [0.25, 0.3) is 16.7 Å². The van der Waals surface area contributed by atoms with Crippen LogP contribution in [0.3, 0.4) is 0 Å². The van der Waals surface area contributed by atoms with Crippen molar-refractivity contribution >= 4 is 16.9 Å². The number of piperidine rings is 1. The number of rotatable bonds is 3. The van der Waals surface area contributed by atoms with Crippen LogP contribution in [-0.2, 0) is 14.3 Å². The van der Waals surface area contributed by atoms with Gasteiger partial charge in [0.2, 0.25) is 5.91 Å². The average molecular weight is 437 g/mol. The first-order valence-electron chi connectivity index (χ1n) is 11.1. The van der Waals surface area contributed by atoms with Crippen LogP contribution in [0, 0.1) is 13.8 Å². The van der Waals surface area contributed by atoms with Gasteiger partial charge in [0.15, 0.2) is 5.79 Å². The van der Waals surface area contributed by atoms with Crippen LogP contribution in [0.5, 0.6) is 0 Å². The number of hydrogen-bond donors (Lipinski definition) is 0. The molecule has 0 aliphatic carbocycles. The SMILES string of the molecule is Cc1cc(=O)n(C(C)C(=O)N2CCC3(CC2)OCCO3)c2c1c(C)nn2-c1ccccc1. The van der Waals surface area contributed by atoms with E-state index in [2.05, 4.69) is 0 Å². The highest BCUT2D eigenvalue weighted by atomic mass is 16.7. The first-order chi connectivity index (χ1) is 15.4. The Morgan fingerprint density at radius 3 is 2.41 bits per heavy atom. The number of aryl methyl sites for hydroxylation is 2. The molecule has 0 bridgehead atoms. The highest BCUT2D eigenvalue weighted by Crippen LogP contribution is 2.32. The smallest absolute Gasteiger partial charge is 0.253 e. The molecule has 8 nitrogen and oxygen atoms in total. The van der Waals surface area contributed by atoms with Crippen LogP contribution in [0.4, 0.5) is 0 Å². The van der Waals surface area contributed by atoms with Crippen molar-refractivity contribution in [2.45, 2.75) is 45.4 Å². The second-order valence-corrected chi connectivity index (χ2v) is 8.68. The van der Waals surface area contributed by atoms with Gasteiger partial charge >= 0.3 is 0 Å². The van der Waals surface area contributed by atoms with Gasteiger partial charge in [0.1, 0.15) is 11.7 Å². The minimum absolute atomic E-state index is 0.0800. The first kappa shape index (κ1) is 20.9. The maximum absolute atomic E-state index is 13.5. The maximum atomic E-state index is 13.5. The van der Waals surface area contributed by atoms with Crippen molar-refractivity contribution in [3.8, 4) is 5.69 Å². The zero-order valence-corrected chi connectivity index (χ0v) is 18.7. The predicted molar refractivity (Wildman–Crippen MR) is 120 cm³/mol. The van der Waals surface area contributed by atoms with E-state index in [0.29, 0.717) is 44.8 Å². The van der Waals surface area contributed by atoms with Crippen molar-refractivity contribution in [3.05, 3.63) is 58.0 Å². The monoisotopic (exact) mass is 436 g/mol. The van der Waals surface area contributed by atoms with E-state index in [0.717, 1.165) is 22.3 Å². The molecule has 0 radical (unpaired) electrons. The fraction of sp³-hybridized carbons (Fsp3) is 0.458. The molecule has 8 heteroatoms. The molecule has 3 aromatic rings. The summed E-state index contributed by atoms with van der Waals surface area (Å²) in [4.78, 5) is 28.5. The number of benzene rings is 1. The molecule has 4 heterocycles. The molecule has 0 saturated carbocycles. The van der Waals surface area contributed by atoms with E-state index in [4.69, 9.17) is 14.6 Å². The molecule has 1 atom stereocenters. The van der Waals surface area contributed by atoms with Crippen LogP contribution >= 0.6 is 0 Å². The minimum atomic E-state index is -0.663. The number of hydrogen-bond acceptors (Lipinski definition) is 5. The summed E-state index contributed by atoms with van der Waals surface area (Å²) >= 11 is 0. The average Bonchev–Trinajstić information content (AvgIpc) is 3.39. The lowest BCUT2D eigenvalue weighted by molar-refractivity contribution is -0.188. The molecule has 2 aromatic heterocycles. The van der Waals surface area contributed by atoms with E-state index in [-0.39, 0.29) is 11.5 Å². The number of ether oxygens (including phenoxy) is 2. The van der Waals surface area contributed by atoms with E-state index in [1.807, 2.05) is 49.1 Å². The fourth-order valence-electron chi connectivity index (χ4n) is 4.98. The summed E-state index contributed by atoms with van der Waals surface area (Å²) in [6.07, 6.45) is 1.29. The number of nitrogens with zero attached hydrogens (tertiary/aromatic N) is 4. The number of aromatic nitrogens is 3. The molecular formula is C24H28N4O4. The van der Waals surface area contributed by atoms with Crippen molar-refractivity contribution in [3.63, 3.8) is 0 Å². The van der Waals surface area contributed by atoms with Crippen LogP contribution in [-0.4, -0.2) is 57.2 Å². The third kappa shape index (κ3) is 3.34. The van der Waals surface area contributed by atoms with Gasteiger partial charge in [-0.3, -0.25) is 14.2 Å². The Hall–Kier alpha value is -2.97. The van der Waals surface area contributed by atoms with Gasteiger partial charge in [0, 0.05) is 37.4 Å².